The van der Waals surface area contributed by atoms with Crippen molar-refractivity contribution in [2.45, 2.75) is 171 Å². The molecule has 4 aliphatic carbocycles. The van der Waals surface area contributed by atoms with Crippen LogP contribution in [-0.4, -0.2) is 145 Å². The Morgan fingerprint density at radius 1 is 0.811 bits per heavy atom. The van der Waals surface area contributed by atoms with E-state index in [1.165, 1.54) is 0 Å². The van der Waals surface area contributed by atoms with Crippen molar-refractivity contribution in [1.29, 1.82) is 0 Å². The quantitative estimate of drug-likeness (QED) is 0.145. The first-order valence-corrected chi connectivity index (χ1v) is 20.0. The standard InChI is InChI=1S/C39H64O14/c1-17(16-49-35-33(46)32(45)30(43)26(15-40)51-35)8-11-39(48)18(2)28-25(53-39)14-24-22-7-6-20-12-21(41)13-27(38(20,5)23(22)9-10-37(24,28)4)52-36-34(47)31(44)29(42)19(3)50-36/h18-36,40-48H,1,6-16H2,2-5H3/t18-,19+,20-,21+,22+,23-,24-,25-,26+,27+,28-,29-,30+,31-,32-,33+,34+,35+,36-,37-,38-,39?/m0/s1. The molecular weight excluding hydrogens is 692 g/mol. The average molecular weight is 757 g/mol. The highest BCUT2D eigenvalue weighted by molar-refractivity contribution is 5.16. The van der Waals surface area contributed by atoms with E-state index < -0.39 is 86.0 Å². The number of aliphatic hydroxyl groups is 9. The van der Waals surface area contributed by atoms with E-state index >= 15 is 0 Å². The maximum absolute atomic E-state index is 12.0. The Morgan fingerprint density at radius 2 is 1.51 bits per heavy atom. The smallest absolute Gasteiger partial charge is 0.187 e. The summed E-state index contributed by atoms with van der Waals surface area (Å²) in [6, 6.07) is 0. The minimum atomic E-state index is -1.53. The number of fused-ring (bicyclic) bond motifs is 7. The van der Waals surface area contributed by atoms with E-state index in [1.54, 1.807) is 6.92 Å². The van der Waals surface area contributed by atoms with Crippen LogP contribution in [0.15, 0.2) is 12.2 Å². The predicted molar refractivity (Wildman–Crippen MR) is 186 cm³/mol. The van der Waals surface area contributed by atoms with Gasteiger partial charge in [0.2, 0.25) is 0 Å². The third-order valence-electron chi connectivity index (χ3n) is 15.6. The van der Waals surface area contributed by atoms with Crippen LogP contribution in [0.3, 0.4) is 0 Å². The molecule has 22 atom stereocenters. The topological polar surface area (TPSA) is 228 Å². The second kappa shape index (κ2) is 14.8. The molecule has 14 nitrogen and oxygen atoms in total. The second-order valence-corrected chi connectivity index (χ2v) is 18.3. The van der Waals surface area contributed by atoms with E-state index in [4.69, 9.17) is 23.7 Å². The SMILES string of the molecule is C=C(CCC1(O)O[C@H]2C[C@H]3[C@@H]4CC[C@H]5C[C@@H](O)C[C@@H](O[C@@H]6O[C@H](C)[C@H](O)[C@H](O)[C@H]6O)[C@]5(C)[C@H]4CC[C@]3(C)[C@H]2[C@@H]1C)CO[C@@H]1O[C@H](CO)[C@@H](O)[C@H](O)[C@H]1O. The minimum absolute atomic E-state index is 0.0161. The van der Waals surface area contributed by atoms with E-state index in [0.717, 1.165) is 32.1 Å². The molecule has 0 bridgehead atoms. The van der Waals surface area contributed by atoms with Gasteiger partial charge < -0.3 is 69.6 Å². The summed E-state index contributed by atoms with van der Waals surface area (Å²) in [5, 5.41) is 94.5. The molecule has 304 valence electrons. The highest BCUT2D eigenvalue weighted by Gasteiger charge is 2.69. The molecule has 7 fully saturated rings. The predicted octanol–water partition coefficient (Wildman–Crippen LogP) is 0.315. The van der Waals surface area contributed by atoms with E-state index in [1.807, 2.05) is 0 Å². The van der Waals surface area contributed by atoms with E-state index in [0.29, 0.717) is 49.0 Å². The van der Waals surface area contributed by atoms with Crippen LogP contribution in [0.4, 0.5) is 0 Å². The molecule has 3 aliphatic heterocycles. The second-order valence-electron chi connectivity index (χ2n) is 18.3. The van der Waals surface area contributed by atoms with Gasteiger partial charge in [-0.15, -0.1) is 0 Å². The van der Waals surface area contributed by atoms with Crippen LogP contribution in [0.5, 0.6) is 0 Å². The zero-order valence-corrected chi connectivity index (χ0v) is 31.5. The Hall–Kier alpha value is -0.820. The fourth-order valence-electron chi connectivity index (χ4n) is 12.6. The average Bonchev–Trinajstić information content (AvgIpc) is 3.56. The van der Waals surface area contributed by atoms with Gasteiger partial charge in [-0.2, -0.15) is 0 Å². The Labute approximate surface area is 312 Å². The normalized spacial score (nSPS) is 56.6. The van der Waals surface area contributed by atoms with Crippen LogP contribution in [0, 0.1) is 46.3 Å². The zero-order chi connectivity index (χ0) is 38.4. The van der Waals surface area contributed by atoms with Gasteiger partial charge in [-0.25, -0.2) is 0 Å². The molecule has 9 N–H and O–H groups in total. The first-order valence-electron chi connectivity index (χ1n) is 20.0. The zero-order valence-electron chi connectivity index (χ0n) is 31.5. The molecule has 0 aromatic rings. The van der Waals surface area contributed by atoms with Crippen LogP contribution < -0.4 is 0 Å². The number of ether oxygens (including phenoxy) is 5. The molecule has 7 rings (SSSR count). The van der Waals surface area contributed by atoms with Crippen molar-refractivity contribution in [1.82, 2.24) is 0 Å². The maximum Gasteiger partial charge on any atom is 0.187 e. The summed E-state index contributed by atoms with van der Waals surface area (Å²) in [5.41, 5.74) is 0.295. The van der Waals surface area contributed by atoms with Gasteiger partial charge in [0.1, 0.15) is 42.7 Å². The molecule has 1 unspecified atom stereocenters. The van der Waals surface area contributed by atoms with Crippen molar-refractivity contribution >= 4 is 0 Å². The molecule has 3 heterocycles. The third-order valence-corrected chi connectivity index (χ3v) is 15.6. The molecular formula is C39H64O14. The molecule has 0 spiro atoms. The Balaban J connectivity index is 0.999. The van der Waals surface area contributed by atoms with E-state index in [-0.39, 0.29) is 41.3 Å². The number of hydrogen-bond acceptors (Lipinski definition) is 14. The molecule has 0 amide bonds. The molecule has 53 heavy (non-hydrogen) atoms. The van der Waals surface area contributed by atoms with Crippen LogP contribution in [0.1, 0.15) is 85.5 Å². The lowest BCUT2D eigenvalue weighted by atomic mass is 9.43. The maximum atomic E-state index is 12.0. The number of aliphatic hydroxyl groups excluding tert-OH is 8. The third kappa shape index (κ3) is 6.67. The summed E-state index contributed by atoms with van der Waals surface area (Å²) in [6.45, 7) is 11.9. The van der Waals surface area contributed by atoms with Crippen LogP contribution in [0.2, 0.25) is 0 Å². The van der Waals surface area contributed by atoms with Crippen molar-refractivity contribution < 1.29 is 69.6 Å². The number of rotatable bonds is 9. The lowest BCUT2D eigenvalue weighted by Gasteiger charge is -2.63. The van der Waals surface area contributed by atoms with Crippen molar-refractivity contribution in [2.75, 3.05) is 13.2 Å². The summed E-state index contributed by atoms with van der Waals surface area (Å²) in [5.74, 6) is -0.0230. The molecule has 0 aromatic carbocycles. The lowest BCUT2D eigenvalue weighted by molar-refractivity contribution is -0.328. The summed E-state index contributed by atoms with van der Waals surface area (Å²) in [7, 11) is 0. The van der Waals surface area contributed by atoms with Gasteiger partial charge in [0.15, 0.2) is 18.4 Å². The molecule has 4 saturated carbocycles. The Bertz CT molecular complexity index is 1320. The van der Waals surface area contributed by atoms with Crippen LogP contribution in [0.25, 0.3) is 0 Å². The van der Waals surface area contributed by atoms with Crippen molar-refractivity contribution in [2.24, 2.45) is 46.3 Å². The van der Waals surface area contributed by atoms with Gasteiger partial charge in [-0.05, 0) is 92.3 Å². The summed E-state index contributed by atoms with van der Waals surface area (Å²) < 4.78 is 30.2. The fourth-order valence-corrected chi connectivity index (χ4v) is 12.6. The largest absolute Gasteiger partial charge is 0.394 e. The number of hydrogen-bond donors (Lipinski definition) is 9. The van der Waals surface area contributed by atoms with Crippen molar-refractivity contribution in [3.8, 4) is 0 Å². The monoisotopic (exact) mass is 756 g/mol. The van der Waals surface area contributed by atoms with Gasteiger partial charge in [0.25, 0.3) is 0 Å². The van der Waals surface area contributed by atoms with E-state index in [2.05, 4.69) is 27.4 Å². The molecule has 14 heteroatoms. The first-order chi connectivity index (χ1) is 24.9. The summed E-state index contributed by atoms with van der Waals surface area (Å²) in [4.78, 5) is 0. The Kier molecular flexibility index (Phi) is 11.3. The van der Waals surface area contributed by atoms with Gasteiger partial charge >= 0.3 is 0 Å². The molecule has 0 radical (unpaired) electrons. The molecule has 7 aliphatic rings. The molecule has 0 aromatic heterocycles. The Morgan fingerprint density at radius 3 is 2.23 bits per heavy atom. The minimum Gasteiger partial charge on any atom is -0.394 e. The lowest BCUT2D eigenvalue weighted by Crippen LogP contribution is -2.63. The van der Waals surface area contributed by atoms with E-state index in [9.17, 15) is 46.0 Å². The van der Waals surface area contributed by atoms with Gasteiger partial charge in [-0.1, -0.05) is 32.9 Å². The van der Waals surface area contributed by atoms with Gasteiger partial charge in [0, 0.05) is 18.8 Å². The van der Waals surface area contributed by atoms with Gasteiger partial charge in [-0.3, -0.25) is 0 Å². The first kappa shape index (κ1) is 40.4. The fraction of sp³-hybridized carbons (Fsp3) is 0.949. The highest BCUT2D eigenvalue weighted by Crippen LogP contribution is 2.71. The van der Waals surface area contributed by atoms with Gasteiger partial charge in [0.05, 0.1) is 37.6 Å². The van der Waals surface area contributed by atoms with Crippen LogP contribution in [-0.2, 0) is 23.7 Å². The van der Waals surface area contributed by atoms with Crippen molar-refractivity contribution in [3.05, 3.63) is 12.2 Å². The summed E-state index contributed by atoms with van der Waals surface area (Å²) >= 11 is 0. The summed E-state index contributed by atoms with van der Waals surface area (Å²) in [6.07, 6.45) is -7.13. The van der Waals surface area contributed by atoms with Crippen molar-refractivity contribution in [3.63, 3.8) is 0 Å². The highest BCUT2D eigenvalue weighted by atomic mass is 16.7. The van der Waals surface area contributed by atoms with Crippen LogP contribution >= 0.6 is 0 Å². The molecule has 3 saturated heterocycles.